The normalized spacial score (nSPS) is 22.7. The van der Waals surface area contributed by atoms with Crippen molar-refractivity contribution in [3.05, 3.63) is 69.9 Å². The van der Waals surface area contributed by atoms with Crippen molar-refractivity contribution in [2.24, 2.45) is 13.0 Å². The van der Waals surface area contributed by atoms with Crippen LogP contribution in [0.5, 0.6) is 0 Å². The highest BCUT2D eigenvalue weighted by atomic mass is 19.1. The Morgan fingerprint density at radius 3 is 2.59 bits per heavy atom. The summed E-state index contributed by atoms with van der Waals surface area (Å²) in [5.74, 6) is 0.230. The number of hydrogen-bond donors (Lipinski definition) is 0. The number of aryl methyl sites for hydroxylation is 1. The number of fused-ring (bicyclic) bond motifs is 4. The largest absolute Gasteiger partial charge is 0.334 e. The van der Waals surface area contributed by atoms with Crippen LogP contribution in [0.4, 0.5) is 4.39 Å². The van der Waals surface area contributed by atoms with Gasteiger partial charge in [-0.1, -0.05) is 12.1 Å². The van der Waals surface area contributed by atoms with Gasteiger partial charge in [0, 0.05) is 51.5 Å². The number of nitrogens with zero attached hydrogens (tertiary/aromatic N) is 3. The van der Waals surface area contributed by atoms with Crippen molar-refractivity contribution < 1.29 is 9.18 Å². The maximum absolute atomic E-state index is 13.1. The molecule has 3 saturated heterocycles. The average molecular weight is 369 g/mol. The summed E-state index contributed by atoms with van der Waals surface area (Å²) in [4.78, 5) is 29.0. The smallest absolute Gasteiger partial charge is 0.255 e. The standard InChI is InChI=1S/C21H24FN3O2/c1-23-13-17(5-9-20(23)26)21(27)25-12-16-4-8-19(25)14-24(11-16)10-15-2-6-18(22)7-3-15/h2-3,5-7,9,13,16,19H,4,8,10-12,14H2,1H3/t16-,19+/m0/s1. The predicted octanol–water partition coefficient (Wildman–Crippen LogP) is 2.26. The first-order chi connectivity index (χ1) is 13.0. The van der Waals surface area contributed by atoms with Crippen LogP contribution in [-0.4, -0.2) is 46.0 Å². The van der Waals surface area contributed by atoms with Gasteiger partial charge in [0.25, 0.3) is 5.91 Å². The summed E-state index contributed by atoms with van der Waals surface area (Å²) in [5, 5.41) is 0. The molecule has 1 amide bonds. The van der Waals surface area contributed by atoms with Crippen molar-refractivity contribution in [3.8, 4) is 0 Å². The van der Waals surface area contributed by atoms with E-state index in [1.165, 1.54) is 22.8 Å². The number of carbonyl (C=O) groups is 1. The Bertz CT molecular complexity index is 893. The van der Waals surface area contributed by atoms with Crippen LogP contribution >= 0.6 is 0 Å². The molecule has 2 aromatic rings. The molecule has 2 bridgehead atoms. The first-order valence-corrected chi connectivity index (χ1v) is 9.44. The van der Waals surface area contributed by atoms with Gasteiger partial charge in [0.05, 0.1) is 5.56 Å². The molecule has 0 N–H and O–H groups in total. The van der Waals surface area contributed by atoms with Gasteiger partial charge in [0.2, 0.25) is 5.56 Å². The number of carbonyl (C=O) groups excluding carboxylic acids is 1. The summed E-state index contributed by atoms with van der Waals surface area (Å²) in [6, 6.07) is 9.90. The van der Waals surface area contributed by atoms with Gasteiger partial charge in [-0.25, -0.2) is 4.39 Å². The number of piperidine rings is 1. The number of pyridine rings is 1. The first-order valence-electron chi connectivity index (χ1n) is 9.44. The summed E-state index contributed by atoms with van der Waals surface area (Å²) in [6.45, 7) is 3.30. The maximum Gasteiger partial charge on any atom is 0.255 e. The Hall–Kier alpha value is -2.47. The lowest BCUT2D eigenvalue weighted by molar-refractivity contribution is 0.0584. The third kappa shape index (κ3) is 3.81. The van der Waals surface area contributed by atoms with Gasteiger partial charge in [0.15, 0.2) is 0 Å². The number of aromatic nitrogens is 1. The SMILES string of the molecule is Cn1cc(C(=O)N2C[C@H]3CC[C@@H]2CN(Cc2ccc(F)cc2)C3)ccc1=O. The van der Waals surface area contributed by atoms with Gasteiger partial charge >= 0.3 is 0 Å². The van der Waals surface area contributed by atoms with E-state index in [0.29, 0.717) is 11.5 Å². The van der Waals surface area contributed by atoms with Crippen molar-refractivity contribution in [1.29, 1.82) is 0 Å². The topological polar surface area (TPSA) is 45.6 Å². The van der Waals surface area contributed by atoms with Gasteiger partial charge in [0.1, 0.15) is 5.82 Å². The molecule has 3 fully saturated rings. The second kappa shape index (κ2) is 7.27. The predicted molar refractivity (Wildman–Crippen MR) is 101 cm³/mol. The number of benzene rings is 1. The minimum absolute atomic E-state index is 0.00364. The molecular formula is C21H24FN3O2. The third-order valence-electron chi connectivity index (χ3n) is 5.70. The van der Waals surface area contributed by atoms with Crippen LogP contribution in [-0.2, 0) is 13.6 Å². The molecule has 0 unspecified atom stereocenters. The fourth-order valence-electron chi connectivity index (χ4n) is 4.29. The first kappa shape index (κ1) is 17.9. The third-order valence-corrected chi connectivity index (χ3v) is 5.70. The molecule has 27 heavy (non-hydrogen) atoms. The molecule has 4 heterocycles. The molecule has 1 aromatic carbocycles. The highest BCUT2D eigenvalue weighted by molar-refractivity contribution is 5.94. The number of halogens is 1. The average Bonchev–Trinajstić information content (AvgIpc) is 2.96. The van der Waals surface area contributed by atoms with Crippen LogP contribution in [0, 0.1) is 11.7 Å². The van der Waals surface area contributed by atoms with Crippen LogP contribution in [0.3, 0.4) is 0 Å². The van der Waals surface area contributed by atoms with Crippen LogP contribution in [0.2, 0.25) is 0 Å². The highest BCUT2D eigenvalue weighted by Gasteiger charge is 2.37. The van der Waals surface area contributed by atoms with Crippen molar-refractivity contribution in [2.75, 3.05) is 19.6 Å². The Morgan fingerprint density at radius 1 is 1.07 bits per heavy atom. The van der Waals surface area contributed by atoms with Crippen LogP contribution in [0.15, 0.2) is 47.4 Å². The van der Waals surface area contributed by atoms with E-state index in [1.807, 2.05) is 17.0 Å². The molecule has 6 heteroatoms. The van der Waals surface area contributed by atoms with Gasteiger partial charge in [-0.15, -0.1) is 0 Å². The monoisotopic (exact) mass is 369 g/mol. The van der Waals surface area contributed by atoms with E-state index in [2.05, 4.69) is 4.90 Å². The van der Waals surface area contributed by atoms with E-state index in [4.69, 9.17) is 0 Å². The summed E-state index contributed by atoms with van der Waals surface area (Å²) < 4.78 is 14.6. The van der Waals surface area contributed by atoms with Crippen LogP contribution < -0.4 is 5.56 Å². The van der Waals surface area contributed by atoms with Gasteiger partial charge in [-0.2, -0.15) is 0 Å². The fourth-order valence-corrected chi connectivity index (χ4v) is 4.29. The molecule has 0 radical (unpaired) electrons. The minimum atomic E-state index is -0.219. The molecular weight excluding hydrogens is 345 g/mol. The lowest BCUT2D eigenvalue weighted by atomic mass is 9.94. The molecule has 1 aromatic heterocycles. The zero-order valence-electron chi connectivity index (χ0n) is 15.5. The van der Waals surface area contributed by atoms with Gasteiger partial charge in [-0.05, 0) is 42.5 Å². The second-order valence-electron chi connectivity index (χ2n) is 7.74. The van der Waals surface area contributed by atoms with Crippen LogP contribution in [0.1, 0.15) is 28.8 Å². The van der Waals surface area contributed by atoms with E-state index < -0.39 is 0 Å². The van der Waals surface area contributed by atoms with E-state index in [0.717, 1.165) is 44.6 Å². The minimum Gasteiger partial charge on any atom is -0.334 e. The zero-order chi connectivity index (χ0) is 19.0. The molecule has 5 rings (SSSR count). The van der Waals surface area contributed by atoms with E-state index in [9.17, 15) is 14.0 Å². The lowest BCUT2D eigenvalue weighted by Gasteiger charge is -2.36. The molecule has 142 valence electrons. The van der Waals surface area contributed by atoms with E-state index >= 15 is 0 Å². The van der Waals surface area contributed by atoms with Crippen molar-refractivity contribution in [3.63, 3.8) is 0 Å². The van der Waals surface area contributed by atoms with E-state index in [-0.39, 0.29) is 23.3 Å². The van der Waals surface area contributed by atoms with Crippen molar-refractivity contribution in [1.82, 2.24) is 14.4 Å². The molecule has 5 nitrogen and oxygen atoms in total. The quantitative estimate of drug-likeness (QED) is 0.834. The van der Waals surface area contributed by atoms with Gasteiger partial charge < -0.3 is 9.47 Å². The summed E-state index contributed by atoms with van der Waals surface area (Å²) in [7, 11) is 1.66. The summed E-state index contributed by atoms with van der Waals surface area (Å²) in [6.07, 6.45) is 3.75. The zero-order valence-corrected chi connectivity index (χ0v) is 15.5. The molecule has 3 aliphatic heterocycles. The highest BCUT2D eigenvalue weighted by Crippen LogP contribution is 2.30. The van der Waals surface area contributed by atoms with Crippen molar-refractivity contribution >= 4 is 5.91 Å². The number of amides is 1. The molecule has 0 aliphatic carbocycles. The molecule has 0 spiro atoms. The Balaban J connectivity index is 1.50. The Labute approximate surface area is 158 Å². The molecule has 2 atom stereocenters. The second-order valence-corrected chi connectivity index (χ2v) is 7.74. The Kier molecular flexibility index (Phi) is 4.83. The van der Waals surface area contributed by atoms with Gasteiger partial charge in [-0.3, -0.25) is 14.5 Å². The summed E-state index contributed by atoms with van der Waals surface area (Å²) >= 11 is 0. The number of rotatable bonds is 3. The number of hydrogen-bond acceptors (Lipinski definition) is 3. The Morgan fingerprint density at radius 2 is 1.85 bits per heavy atom. The molecule has 3 aliphatic rings. The van der Waals surface area contributed by atoms with Crippen molar-refractivity contribution in [2.45, 2.75) is 25.4 Å². The molecule has 0 saturated carbocycles. The van der Waals surface area contributed by atoms with Crippen LogP contribution in [0.25, 0.3) is 0 Å². The fraction of sp³-hybridized carbons (Fsp3) is 0.429. The lowest BCUT2D eigenvalue weighted by Crippen LogP contribution is -2.47. The maximum atomic E-state index is 13.1. The summed E-state index contributed by atoms with van der Waals surface area (Å²) in [5.41, 5.74) is 1.54. The van der Waals surface area contributed by atoms with E-state index in [1.54, 1.807) is 19.3 Å².